The molecule has 1 aromatic rings. The number of aliphatic hydroxyl groups is 1. The van der Waals surface area contributed by atoms with E-state index in [-0.39, 0.29) is 12.6 Å². The van der Waals surface area contributed by atoms with Crippen molar-refractivity contribution in [2.45, 2.75) is 33.4 Å². The number of hydrogen-bond acceptors (Lipinski definition) is 3. The van der Waals surface area contributed by atoms with E-state index < -0.39 is 0 Å². The van der Waals surface area contributed by atoms with Crippen molar-refractivity contribution < 1.29 is 5.11 Å². The molecule has 1 heterocycles. The van der Waals surface area contributed by atoms with E-state index in [0.29, 0.717) is 12.5 Å². The first-order valence-electron chi connectivity index (χ1n) is 5.49. The molecule has 0 aliphatic rings. The SMILES string of the molecule is Cc1nn(C)c(CN[C@H](CO)C(C)C)c1Br. The minimum atomic E-state index is 0.127. The Morgan fingerprint density at radius 2 is 2.12 bits per heavy atom. The Hall–Kier alpha value is -0.390. The number of nitrogens with zero attached hydrogens (tertiary/aromatic N) is 2. The zero-order valence-electron chi connectivity index (χ0n) is 10.3. The lowest BCUT2D eigenvalue weighted by Gasteiger charge is -2.20. The van der Waals surface area contributed by atoms with Crippen LogP contribution in [0.25, 0.3) is 0 Å². The standard InChI is InChI=1S/C11H20BrN3O/c1-7(2)9(6-16)13-5-10-11(12)8(3)14-15(10)4/h7,9,13,16H,5-6H2,1-4H3/t9-/m1/s1. The van der Waals surface area contributed by atoms with E-state index in [4.69, 9.17) is 0 Å². The first-order valence-corrected chi connectivity index (χ1v) is 6.28. The number of aromatic nitrogens is 2. The van der Waals surface area contributed by atoms with Crippen molar-refractivity contribution in [1.82, 2.24) is 15.1 Å². The maximum absolute atomic E-state index is 9.22. The van der Waals surface area contributed by atoms with Gasteiger partial charge in [0.2, 0.25) is 0 Å². The Kier molecular flexibility index (Phi) is 4.95. The third-order valence-electron chi connectivity index (χ3n) is 2.79. The molecule has 0 fully saturated rings. The highest BCUT2D eigenvalue weighted by atomic mass is 79.9. The molecule has 2 N–H and O–H groups in total. The van der Waals surface area contributed by atoms with Gasteiger partial charge in [0.05, 0.1) is 22.5 Å². The highest BCUT2D eigenvalue weighted by Crippen LogP contribution is 2.20. The van der Waals surface area contributed by atoms with Gasteiger partial charge >= 0.3 is 0 Å². The second kappa shape index (κ2) is 5.80. The summed E-state index contributed by atoms with van der Waals surface area (Å²) in [5, 5.41) is 16.9. The number of rotatable bonds is 5. The highest BCUT2D eigenvalue weighted by molar-refractivity contribution is 9.10. The fourth-order valence-corrected chi connectivity index (χ4v) is 2.09. The van der Waals surface area contributed by atoms with Gasteiger partial charge < -0.3 is 10.4 Å². The quantitative estimate of drug-likeness (QED) is 0.866. The van der Waals surface area contributed by atoms with E-state index in [0.717, 1.165) is 15.9 Å². The lowest BCUT2D eigenvalue weighted by Crippen LogP contribution is -2.37. The third-order valence-corrected chi connectivity index (χ3v) is 3.83. The summed E-state index contributed by atoms with van der Waals surface area (Å²) in [6.45, 7) is 7.03. The third kappa shape index (κ3) is 3.06. The predicted molar refractivity (Wildman–Crippen MR) is 68.2 cm³/mol. The summed E-state index contributed by atoms with van der Waals surface area (Å²) >= 11 is 3.52. The molecular formula is C11H20BrN3O. The van der Waals surface area contributed by atoms with Crippen LogP contribution in [0.4, 0.5) is 0 Å². The Labute approximate surface area is 105 Å². The van der Waals surface area contributed by atoms with Crippen molar-refractivity contribution in [1.29, 1.82) is 0 Å². The molecule has 92 valence electrons. The van der Waals surface area contributed by atoms with Gasteiger partial charge in [-0.05, 0) is 28.8 Å². The summed E-state index contributed by atoms with van der Waals surface area (Å²) in [7, 11) is 1.93. The van der Waals surface area contributed by atoms with Gasteiger partial charge in [0, 0.05) is 19.6 Å². The van der Waals surface area contributed by atoms with Crippen molar-refractivity contribution in [2.75, 3.05) is 6.61 Å². The fraction of sp³-hybridized carbons (Fsp3) is 0.727. The molecular weight excluding hydrogens is 270 g/mol. The molecule has 16 heavy (non-hydrogen) atoms. The summed E-state index contributed by atoms with van der Waals surface area (Å²) in [6, 6.07) is 0.127. The monoisotopic (exact) mass is 289 g/mol. The van der Waals surface area contributed by atoms with Gasteiger partial charge in [-0.25, -0.2) is 0 Å². The van der Waals surface area contributed by atoms with E-state index in [1.54, 1.807) is 0 Å². The zero-order chi connectivity index (χ0) is 12.3. The van der Waals surface area contributed by atoms with Crippen molar-refractivity contribution in [3.63, 3.8) is 0 Å². The van der Waals surface area contributed by atoms with Gasteiger partial charge in [-0.3, -0.25) is 4.68 Å². The molecule has 5 heteroatoms. The number of aryl methyl sites for hydroxylation is 2. The lowest BCUT2D eigenvalue weighted by atomic mass is 10.1. The van der Waals surface area contributed by atoms with Crippen LogP contribution >= 0.6 is 15.9 Å². The van der Waals surface area contributed by atoms with Gasteiger partial charge in [-0.2, -0.15) is 5.10 Å². The zero-order valence-corrected chi connectivity index (χ0v) is 11.9. The van der Waals surface area contributed by atoms with Crippen molar-refractivity contribution in [3.8, 4) is 0 Å². The lowest BCUT2D eigenvalue weighted by molar-refractivity contribution is 0.209. The Bertz CT molecular complexity index is 349. The number of nitrogens with one attached hydrogen (secondary N) is 1. The van der Waals surface area contributed by atoms with Crippen molar-refractivity contribution in [2.24, 2.45) is 13.0 Å². The number of halogens is 1. The molecule has 0 saturated heterocycles. The fourth-order valence-electron chi connectivity index (χ4n) is 1.61. The summed E-state index contributed by atoms with van der Waals surface area (Å²) in [5.41, 5.74) is 2.10. The van der Waals surface area contributed by atoms with E-state index in [9.17, 15) is 5.11 Å². The highest BCUT2D eigenvalue weighted by Gasteiger charge is 2.15. The molecule has 4 nitrogen and oxygen atoms in total. The second-order valence-electron chi connectivity index (χ2n) is 4.38. The maximum atomic E-state index is 9.22. The van der Waals surface area contributed by atoms with Gasteiger partial charge in [0.15, 0.2) is 0 Å². The Morgan fingerprint density at radius 3 is 2.50 bits per heavy atom. The normalized spacial score (nSPS) is 13.4. The smallest absolute Gasteiger partial charge is 0.0739 e. The van der Waals surface area contributed by atoms with E-state index in [2.05, 4.69) is 40.2 Å². The topological polar surface area (TPSA) is 50.1 Å². The van der Waals surface area contributed by atoms with Gasteiger partial charge in [-0.1, -0.05) is 13.8 Å². The molecule has 0 saturated carbocycles. The molecule has 1 atom stereocenters. The first kappa shape index (κ1) is 13.7. The second-order valence-corrected chi connectivity index (χ2v) is 5.18. The van der Waals surface area contributed by atoms with Gasteiger partial charge in [-0.15, -0.1) is 0 Å². The van der Waals surface area contributed by atoms with Crippen LogP contribution in [0, 0.1) is 12.8 Å². The largest absolute Gasteiger partial charge is 0.395 e. The molecule has 1 rings (SSSR count). The summed E-state index contributed by atoms with van der Waals surface area (Å²) in [6.07, 6.45) is 0. The minimum absolute atomic E-state index is 0.127. The number of aliphatic hydroxyl groups excluding tert-OH is 1. The Morgan fingerprint density at radius 1 is 1.50 bits per heavy atom. The number of hydrogen-bond donors (Lipinski definition) is 2. The van der Waals surface area contributed by atoms with Gasteiger partial charge in [0.25, 0.3) is 0 Å². The van der Waals surface area contributed by atoms with Crippen LogP contribution < -0.4 is 5.32 Å². The van der Waals surface area contributed by atoms with Crippen LogP contribution in [-0.4, -0.2) is 27.5 Å². The molecule has 0 spiro atoms. The first-order chi connectivity index (χ1) is 7.47. The molecule has 0 amide bonds. The molecule has 0 aliphatic carbocycles. The van der Waals surface area contributed by atoms with Gasteiger partial charge in [0.1, 0.15) is 0 Å². The molecule has 0 aromatic carbocycles. The van der Waals surface area contributed by atoms with E-state index >= 15 is 0 Å². The van der Waals surface area contributed by atoms with E-state index in [1.165, 1.54) is 0 Å². The van der Waals surface area contributed by atoms with Crippen LogP contribution in [0.2, 0.25) is 0 Å². The van der Waals surface area contributed by atoms with Crippen LogP contribution in [-0.2, 0) is 13.6 Å². The molecule has 1 aromatic heterocycles. The average molecular weight is 290 g/mol. The summed E-state index contributed by atoms with van der Waals surface area (Å²) in [4.78, 5) is 0. The molecule has 0 aliphatic heterocycles. The molecule has 0 unspecified atom stereocenters. The van der Waals surface area contributed by atoms with Crippen LogP contribution in [0.3, 0.4) is 0 Å². The molecule has 0 bridgehead atoms. The molecule has 0 radical (unpaired) electrons. The summed E-state index contributed by atoms with van der Waals surface area (Å²) in [5.74, 6) is 0.415. The van der Waals surface area contributed by atoms with Crippen molar-refractivity contribution in [3.05, 3.63) is 15.9 Å². The Balaban J connectivity index is 2.67. The van der Waals surface area contributed by atoms with Crippen molar-refractivity contribution >= 4 is 15.9 Å². The predicted octanol–water partition coefficient (Wildman–Crippen LogP) is 1.60. The van der Waals surface area contributed by atoms with Crippen LogP contribution in [0.1, 0.15) is 25.2 Å². The van der Waals surface area contributed by atoms with Crippen LogP contribution in [0.5, 0.6) is 0 Å². The average Bonchev–Trinajstić information content (AvgIpc) is 2.44. The summed E-state index contributed by atoms with van der Waals surface area (Å²) < 4.78 is 2.91. The van der Waals surface area contributed by atoms with Crippen LogP contribution in [0.15, 0.2) is 4.47 Å². The maximum Gasteiger partial charge on any atom is 0.0739 e. The minimum Gasteiger partial charge on any atom is -0.395 e. The van der Waals surface area contributed by atoms with E-state index in [1.807, 2.05) is 18.7 Å².